The van der Waals surface area contributed by atoms with Crippen molar-refractivity contribution in [3.8, 4) is 16.8 Å². The molecule has 2 aromatic carbocycles. The van der Waals surface area contributed by atoms with E-state index in [1.165, 1.54) is 17.7 Å². The number of hydrogen-bond acceptors (Lipinski definition) is 8. The van der Waals surface area contributed by atoms with Gasteiger partial charge in [-0.15, -0.1) is 0 Å². The average Bonchev–Trinajstić information content (AvgIpc) is 3.70. The first-order valence-electron chi connectivity index (χ1n) is 12.0. The van der Waals surface area contributed by atoms with Gasteiger partial charge in [0.2, 0.25) is 5.78 Å². The van der Waals surface area contributed by atoms with Gasteiger partial charge in [0.15, 0.2) is 5.84 Å². The molecule has 0 saturated heterocycles. The minimum Gasteiger partial charge on any atom is -0.348 e. The summed E-state index contributed by atoms with van der Waals surface area (Å²) in [6.07, 6.45) is 2.37. The van der Waals surface area contributed by atoms with Crippen LogP contribution >= 0.6 is 11.3 Å². The van der Waals surface area contributed by atoms with Crippen LogP contribution in [-0.2, 0) is 17.7 Å². The number of nitrogens with zero attached hydrogens (tertiary/aromatic N) is 5. The maximum absolute atomic E-state index is 13.8. The van der Waals surface area contributed by atoms with Gasteiger partial charge in [0.1, 0.15) is 6.33 Å². The van der Waals surface area contributed by atoms with Crippen LogP contribution in [0.25, 0.3) is 22.6 Å². The quantitative estimate of drug-likeness (QED) is 0.289. The van der Waals surface area contributed by atoms with Crippen molar-refractivity contribution in [3.05, 3.63) is 104 Å². The monoisotopic (exact) mass is 551 g/mol. The van der Waals surface area contributed by atoms with Crippen LogP contribution in [0.1, 0.15) is 35.7 Å². The summed E-state index contributed by atoms with van der Waals surface area (Å²) in [5, 5.41) is 18.0. The summed E-state index contributed by atoms with van der Waals surface area (Å²) in [5.74, 6) is 1.01. The summed E-state index contributed by atoms with van der Waals surface area (Å²) in [5.41, 5.74) is 8.80. The molecule has 4 heterocycles. The number of aliphatic hydroxyl groups is 1. The van der Waals surface area contributed by atoms with E-state index >= 15 is 0 Å². The van der Waals surface area contributed by atoms with Gasteiger partial charge in [0.05, 0.1) is 11.4 Å². The van der Waals surface area contributed by atoms with E-state index in [-0.39, 0.29) is 56.9 Å². The second-order valence-electron chi connectivity index (χ2n) is 8.71. The smallest absolute Gasteiger partial charge is 0.348 e. The van der Waals surface area contributed by atoms with Gasteiger partial charge in [-0.2, -0.15) is 21.4 Å². The van der Waals surface area contributed by atoms with Crippen molar-refractivity contribution in [1.29, 1.82) is 0 Å². The summed E-state index contributed by atoms with van der Waals surface area (Å²) < 4.78 is 3.45. The summed E-state index contributed by atoms with van der Waals surface area (Å²) in [7, 11) is 0. The molecule has 3 aromatic heterocycles. The fraction of sp³-hybridized carbons (Fsp3) is 0.185. The molecule has 1 aliphatic heterocycles. The van der Waals surface area contributed by atoms with Gasteiger partial charge < -0.3 is 5.11 Å². The standard InChI is InChI=1S/C27H24N6O3S.K/c1-2-5-23-22(25(34)32(19-12-13-37-15-19)26-28-16-29-33(23)26)14-17-8-10-18(11-9-17)20-6-3-4-7-21(20)24-30-27(35)36-31-24;/h3-4,6-13,15-16,27,35H,2,5,14H2,1H3,(H,30,31);/q;+1. The minimum atomic E-state index is -1.22. The third-order valence-electron chi connectivity index (χ3n) is 6.37. The molecule has 0 fully saturated rings. The van der Waals surface area contributed by atoms with Gasteiger partial charge in [-0.05, 0) is 34.6 Å². The van der Waals surface area contributed by atoms with E-state index in [0.717, 1.165) is 52.0 Å². The Morgan fingerprint density at radius 2 is 1.89 bits per heavy atom. The molecule has 11 heteroatoms. The van der Waals surface area contributed by atoms with Gasteiger partial charge >= 0.3 is 51.4 Å². The van der Waals surface area contributed by atoms with E-state index in [1.54, 1.807) is 9.08 Å². The maximum Gasteiger partial charge on any atom is 1.00 e. The maximum atomic E-state index is 13.8. The third-order valence-corrected chi connectivity index (χ3v) is 7.05. The van der Waals surface area contributed by atoms with Gasteiger partial charge in [-0.3, -0.25) is 4.79 Å². The Bertz CT molecular complexity index is 1660. The number of aliphatic hydroxyl groups excluding tert-OH is 1. The van der Waals surface area contributed by atoms with Crippen LogP contribution in [0, 0.1) is 0 Å². The number of amidine groups is 1. The van der Waals surface area contributed by atoms with Gasteiger partial charge in [0, 0.05) is 22.9 Å². The molecular formula is C27H24KN6O3S+. The van der Waals surface area contributed by atoms with Crippen LogP contribution in [-0.4, -0.2) is 36.5 Å². The molecule has 0 spiro atoms. The summed E-state index contributed by atoms with van der Waals surface area (Å²) in [6.45, 7) is 2.09. The molecule has 0 bridgehead atoms. The van der Waals surface area contributed by atoms with Crippen molar-refractivity contribution in [2.24, 2.45) is 4.99 Å². The number of fused-ring (bicyclic) bond motifs is 1. The summed E-state index contributed by atoms with van der Waals surface area (Å²) >= 11 is 1.54. The molecule has 0 aliphatic carbocycles. The van der Waals surface area contributed by atoms with Gasteiger partial charge in [-0.25, -0.2) is 24.4 Å². The fourth-order valence-electron chi connectivity index (χ4n) is 4.69. The number of aliphatic imine (C=N–C) groups is 1. The molecule has 2 N–H and O–H groups in total. The summed E-state index contributed by atoms with van der Waals surface area (Å²) in [6, 6.07) is 17.9. The van der Waals surface area contributed by atoms with Gasteiger partial charge in [-0.1, -0.05) is 61.9 Å². The Morgan fingerprint density at radius 1 is 1.11 bits per heavy atom. The van der Waals surface area contributed by atoms with Crippen LogP contribution < -0.4 is 62.4 Å². The zero-order valence-electron chi connectivity index (χ0n) is 21.0. The predicted molar refractivity (Wildman–Crippen MR) is 142 cm³/mol. The molecule has 0 amide bonds. The molecule has 5 aromatic rings. The van der Waals surface area contributed by atoms with Crippen molar-refractivity contribution in [2.45, 2.75) is 32.6 Å². The van der Waals surface area contributed by atoms with E-state index in [9.17, 15) is 9.90 Å². The Balaban J connectivity index is 0.00000294. The molecule has 6 rings (SSSR count). The molecular weight excluding hydrogens is 528 g/mol. The second kappa shape index (κ2) is 11.7. The number of thiophene rings is 1. The van der Waals surface area contributed by atoms with Crippen LogP contribution in [0.5, 0.6) is 0 Å². The normalized spacial score (nSPS) is 14.8. The van der Waals surface area contributed by atoms with E-state index in [4.69, 9.17) is 4.84 Å². The molecule has 1 atom stereocenters. The molecule has 9 nitrogen and oxygen atoms in total. The van der Waals surface area contributed by atoms with Crippen LogP contribution in [0.4, 0.5) is 0 Å². The first kappa shape index (κ1) is 27.1. The van der Waals surface area contributed by atoms with Crippen LogP contribution in [0.3, 0.4) is 0 Å². The molecule has 1 aliphatic rings. The van der Waals surface area contributed by atoms with E-state index in [1.807, 2.05) is 65.4 Å². The molecule has 186 valence electrons. The van der Waals surface area contributed by atoms with E-state index < -0.39 is 6.41 Å². The Hall–Kier alpha value is -2.48. The van der Waals surface area contributed by atoms with Crippen molar-refractivity contribution < 1.29 is 61.3 Å². The second-order valence-corrected chi connectivity index (χ2v) is 9.49. The number of rotatable bonds is 7. The molecule has 0 radical (unpaired) electrons. The largest absolute Gasteiger partial charge is 1.00 e. The summed E-state index contributed by atoms with van der Waals surface area (Å²) in [4.78, 5) is 27.3. The zero-order chi connectivity index (χ0) is 25.4. The molecule has 38 heavy (non-hydrogen) atoms. The zero-order valence-corrected chi connectivity index (χ0v) is 25.0. The third kappa shape index (κ3) is 5.08. The fourth-order valence-corrected chi connectivity index (χ4v) is 5.31. The first-order valence-corrected chi connectivity index (χ1v) is 12.9. The molecule has 0 saturated carbocycles. The predicted octanol–water partition coefficient (Wildman–Crippen LogP) is 0.713. The number of nitrogens with one attached hydrogen (secondary N) is 1. The van der Waals surface area contributed by atoms with Crippen molar-refractivity contribution >= 4 is 23.0 Å². The number of benzene rings is 2. The number of hydroxylamine groups is 1. The number of aryl methyl sites for hydroxylation is 1. The molecule has 1 unspecified atom stereocenters. The topological polar surface area (TPSA) is 106 Å². The number of hydrogen-bond donors (Lipinski definition) is 2. The van der Waals surface area contributed by atoms with Crippen molar-refractivity contribution in [2.75, 3.05) is 0 Å². The first-order chi connectivity index (χ1) is 18.1. The van der Waals surface area contributed by atoms with Crippen LogP contribution in [0.15, 0.2) is 81.5 Å². The van der Waals surface area contributed by atoms with Crippen molar-refractivity contribution in [1.82, 2.24) is 24.6 Å². The Morgan fingerprint density at radius 3 is 2.58 bits per heavy atom. The van der Waals surface area contributed by atoms with Gasteiger partial charge in [0.25, 0.3) is 12.0 Å². The Kier molecular flexibility index (Phi) is 8.36. The SMILES string of the molecule is CCCc1c(Cc2ccc(-c3ccccc3C3=NC(O)ON3)cc2)c(=O)n(-c2ccsc2)c2ncnn12.[K+]. The average molecular weight is 552 g/mol. The van der Waals surface area contributed by atoms with E-state index in [2.05, 4.69) is 27.5 Å². The van der Waals surface area contributed by atoms with E-state index in [0.29, 0.717) is 18.0 Å². The minimum absolute atomic E-state index is 0. The van der Waals surface area contributed by atoms with Crippen molar-refractivity contribution in [3.63, 3.8) is 0 Å². The number of aromatic nitrogens is 4. The van der Waals surface area contributed by atoms with Crippen LogP contribution in [0.2, 0.25) is 0 Å². The Labute approximate surface area is 265 Å².